The zero-order chi connectivity index (χ0) is 26.7. The molecule has 0 radical (unpaired) electrons. The Balaban J connectivity index is 1.72. The second-order valence-electron chi connectivity index (χ2n) is 8.04. The van der Waals surface area contributed by atoms with Crippen LogP contribution in [0.5, 0.6) is 17.2 Å². The van der Waals surface area contributed by atoms with Crippen LogP contribution in [0.15, 0.2) is 77.8 Å². The fourth-order valence-corrected chi connectivity index (χ4v) is 5.16. The van der Waals surface area contributed by atoms with E-state index in [1.54, 1.807) is 54.6 Å². The lowest BCUT2D eigenvalue weighted by molar-refractivity contribution is -0.119. The Morgan fingerprint density at radius 1 is 1.08 bits per heavy atom. The number of rotatable bonds is 9. The van der Waals surface area contributed by atoms with E-state index in [4.69, 9.17) is 22.1 Å². The molecule has 3 aromatic carbocycles. The Morgan fingerprint density at radius 3 is 2.51 bits per heavy atom. The molecule has 0 atom stereocenters. The molecule has 0 aliphatic heterocycles. The minimum atomic E-state index is -4.26. The van der Waals surface area contributed by atoms with Gasteiger partial charge in [-0.25, -0.2) is 13.1 Å². The van der Waals surface area contributed by atoms with Crippen molar-refractivity contribution >= 4 is 27.5 Å². The first-order valence-electron chi connectivity index (χ1n) is 10.9. The topological polar surface area (TPSA) is 148 Å². The van der Waals surface area contributed by atoms with Crippen LogP contribution in [0, 0.1) is 0 Å². The van der Waals surface area contributed by atoms with Crippen LogP contribution in [0.1, 0.15) is 5.56 Å². The highest BCUT2D eigenvalue weighted by molar-refractivity contribution is 7.89. The number of halogens is 1. The third-order valence-electron chi connectivity index (χ3n) is 5.50. The van der Waals surface area contributed by atoms with E-state index in [0.29, 0.717) is 27.7 Å². The largest absolute Gasteiger partial charge is 0.507 e. The van der Waals surface area contributed by atoms with Crippen LogP contribution in [-0.4, -0.2) is 52.3 Å². The molecule has 10 nitrogen and oxygen atoms in total. The Labute approximate surface area is 218 Å². The summed E-state index contributed by atoms with van der Waals surface area (Å²) in [7, 11) is -2.93. The average molecular weight is 543 g/mol. The molecule has 1 amide bonds. The van der Waals surface area contributed by atoms with Crippen molar-refractivity contribution in [3.05, 3.63) is 83.5 Å². The van der Waals surface area contributed by atoms with Crippen molar-refractivity contribution in [2.75, 3.05) is 13.7 Å². The number of ether oxygens (including phenoxy) is 1. The number of sulfonamides is 1. The molecular formula is C25H23ClN4O6S. The zero-order valence-corrected chi connectivity index (χ0v) is 21.1. The molecule has 4 rings (SSSR count). The van der Waals surface area contributed by atoms with Crippen LogP contribution < -0.4 is 10.5 Å². The minimum absolute atomic E-state index is 0.118. The van der Waals surface area contributed by atoms with Crippen molar-refractivity contribution in [1.29, 1.82) is 0 Å². The molecule has 0 spiro atoms. The van der Waals surface area contributed by atoms with Crippen molar-refractivity contribution in [3.8, 4) is 34.2 Å². The molecule has 0 unspecified atom stereocenters. The van der Waals surface area contributed by atoms with E-state index in [0.717, 1.165) is 10.4 Å². The highest BCUT2D eigenvalue weighted by Gasteiger charge is 2.28. The van der Waals surface area contributed by atoms with Crippen LogP contribution in [-0.2, 0) is 21.4 Å². The van der Waals surface area contributed by atoms with E-state index in [2.05, 4.69) is 5.10 Å². The van der Waals surface area contributed by atoms with Crippen molar-refractivity contribution in [3.63, 3.8) is 0 Å². The van der Waals surface area contributed by atoms with E-state index in [9.17, 15) is 23.4 Å². The first-order chi connectivity index (χ1) is 17.6. The quantitative estimate of drug-likeness (QED) is 0.294. The number of carbonyl (C=O) groups excluding carboxylic acids is 1. The summed E-state index contributed by atoms with van der Waals surface area (Å²) >= 11 is 6.31. The lowest BCUT2D eigenvalue weighted by atomic mass is 10.1. The van der Waals surface area contributed by atoms with Gasteiger partial charge in [-0.05, 0) is 30.3 Å². The van der Waals surface area contributed by atoms with Crippen LogP contribution in [0.4, 0.5) is 0 Å². The van der Waals surface area contributed by atoms with Crippen molar-refractivity contribution in [2.24, 2.45) is 5.73 Å². The summed E-state index contributed by atoms with van der Waals surface area (Å²) in [6.07, 6.45) is 1.48. The third-order valence-corrected chi connectivity index (χ3v) is 7.65. The SMILES string of the molecule is CN(Cc1ccccc1OCC(N)=O)S(=O)(=O)c1cc(-c2ccnn2-c2ccccc2Cl)c(O)cc1O. The lowest BCUT2D eigenvalue weighted by Gasteiger charge is -2.20. The van der Waals surface area contributed by atoms with E-state index < -0.39 is 26.6 Å². The smallest absolute Gasteiger partial charge is 0.255 e. The van der Waals surface area contributed by atoms with Gasteiger partial charge >= 0.3 is 0 Å². The molecule has 0 aliphatic rings. The highest BCUT2D eigenvalue weighted by atomic mass is 35.5. The van der Waals surface area contributed by atoms with Crippen LogP contribution in [0.25, 0.3) is 16.9 Å². The summed E-state index contributed by atoms with van der Waals surface area (Å²) in [5.74, 6) is -1.36. The number of aromatic hydroxyl groups is 2. The van der Waals surface area contributed by atoms with Crippen molar-refractivity contribution < 1.29 is 28.2 Å². The number of primary amides is 1. The number of aromatic nitrogens is 2. The molecule has 4 aromatic rings. The van der Waals surface area contributed by atoms with Gasteiger partial charge < -0.3 is 20.7 Å². The van der Waals surface area contributed by atoms with Crippen molar-refractivity contribution in [1.82, 2.24) is 14.1 Å². The number of amides is 1. The number of hydrogen-bond acceptors (Lipinski definition) is 7. The maximum Gasteiger partial charge on any atom is 0.255 e. The normalized spacial score (nSPS) is 11.5. The van der Waals surface area contributed by atoms with Gasteiger partial charge in [-0.15, -0.1) is 0 Å². The van der Waals surface area contributed by atoms with Gasteiger partial charge in [0.2, 0.25) is 10.0 Å². The summed E-state index contributed by atoms with van der Waals surface area (Å²) in [6, 6.07) is 17.2. The third kappa shape index (κ3) is 5.38. The molecule has 12 heteroatoms. The standard InChI is InChI=1S/C25H23ClN4O6S/c1-29(14-16-6-2-5-9-23(16)36-15-25(27)33)37(34,35)24-12-17(21(31)13-22(24)32)19-10-11-28-30(19)20-8-4-3-7-18(20)26/h2-13,31-32H,14-15H2,1H3,(H2,27,33). The predicted octanol–water partition coefficient (Wildman–Crippen LogP) is 3.29. The van der Waals surface area contributed by atoms with Crippen LogP contribution in [0.3, 0.4) is 0 Å². The summed E-state index contributed by atoms with van der Waals surface area (Å²) in [5.41, 5.74) is 6.61. The molecule has 37 heavy (non-hydrogen) atoms. The van der Waals surface area contributed by atoms with Gasteiger partial charge in [0.1, 0.15) is 22.1 Å². The molecular weight excluding hydrogens is 520 g/mol. The number of carbonyl (C=O) groups is 1. The summed E-state index contributed by atoms with van der Waals surface area (Å²) in [4.78, 5) is 10.7. The van der Waals surface area contributed by atoms with Crippen LogP contribution in [0.2, 0.25) is 5.02 Å². The molecule has 0 fully saturated rings. The monoisotopic (exact) mass is 542 g/mol. The van der Waals surface area contributed by atoms with Gasteiger partial charge in [0.25, 0.3) is 5.91 Å². The Bertz CT molecular complexity index is 1570. The zero-order valence-electron chi connectivity index (χ0n) is 19.6. The summed E-state index contributed by atoms with van der Waals surface area (Å²) in [5, 5.41) is 25.8. The first-order valence-corrected chi connectivity index (χ1v) is 12.7. The van der Waals surface area contributed by atoms with E-state index in [1.165, 1.54) is 24.0 Å². The van der Waals surface area contributed by atoms with Crippen LogP contribution >= 0.6 is 11.6 Å². The maximum atomic E-state index is 13.5. The number of phenols is 2. The number of nitrogens with zero attached hydrogens (tertiary/aromatic N) is 3. The number of hydrogen-bond donors (Lipinski definition) is 3. The van der Waals surface area contributed by atoms with E-state index in [1.807, 2.05) is 0 Å². The average Bonchev–Trinajstić information content (AvgIpc) is 3.33. The molecule has 0 saturated carbocycles. The molecule has 192 valence electrons. The van der Waals surface area contributed by atoms with Gasteiger partial charge in [-0.3, -0.25) is 4.79 Å². The Morgan fingerprint density at radius 2 is 1.78 bits per heavy atom. The second kappa shape index (κ2) is 10.5. The first kappa shape index (κ1) is 26.0. The Hall–Kier alpha value is -4.06. The highest BCUT2D eigenvalue weighted by Crippen LogP contribution is 2.39. The number of benzene rings is 3. The van der Waals surface area contributed by atoms with Gasteiger partial charge in [-0.2, -0.15) is 9.40 Å². The molecule has 4 N–H and O–H groups in total. The van der Waals surface area contributed by atoms with E-state index in [-0.39, 0.29) is 24.5 Å². The maximum absolute atomic E-state index is 13.5. The van der Waals surface area contributed by atoms with Gasteiger partial charge in [0.05, 0.1) is 22.6 Å². The molecule has 1 heterocycles. The predicted molar refractivity (Wildman–Crippen MR) is 137 cm³/mol. The Kier molecular flexibility index (Phi) is 7.39. The fraction of sp³-hybridized carbons (Fsp3) is 0.120. The summed E-state index contributed by atoms with van der Waals surface area (Å²) < 4.78 is 34.9. The lowest BCUT2D eigenvalue weighted by Crippen LogP contribution is -2.27. The fourth-order valence-electron chi connectivity index (χ4n) is 3.71. The van der Waals surface area contributed by atoms with Gasteiger partial charge in [0.15, 0.2) is 6.61 Å². The number of phenolic OH excluding ortho intramolecular Hbond substituents is 2. The molecule has 0 aliphatic carbocycles. The van der Waals surface area contributed by atoms with Gasteiger partial charge in [0, 0.05) is 30.8 Å². The summed E-state index contributed by atoms with van der Waals surface area (Å²) in [6.45, 7) is -0.501. The number of nitrogens with two attached hydrogens (primary N) is 1. The molecule has 1 aromatic heterocycles. The minimum Gasteiger partial charge on any atom is -0.507 e. The number of para-hydroxylation sites is 2. The molecule has 0 saturated heterocycles. The molecule has 0 bridgehead atoms. The second-order valence-corrected chi connectivity index (χ2v) is 10.5. The van der Waals surface area contributed by atoms with Crippen molar-refractivity contribution in [2.45, 2.75) is 11.4 Å². The van der Waals surface area contributed by atoms with Gasteiger partial charge in [-0.1, -0.05) is 41.9 Å². The van der Waals surface area contributed by atoms with E-state index >= 15 is 0 Å².